The second kappa shape index (κ2) is 7.37. The number of sulfonamides is 1. The molecule has 0 atom stereocenters. The minimum Gasteiger partial charge on any atom is -0.330 e. The van der Waals surface area contributed by atoms with Crippen LogP contribution in [0.5, 0.6) is 0 Å². The van der Waals surface area contributed by atoms with Crippen molar-refractivity contribution in [3.8, 4) is 0 Å². The molecule has 7 heteroatoms. The first-order valence-corrected chi connectivity index (χ1v) is 7.93. The number of benzene rings is 1. The zero-order valence-corrected chi connectivity index (χ0v) is 12.6. The molecule has 0 fully saturated rings. The molecule has 0 bridgehead atoms. The number of hydrogen-bond donors (Lipinski definition) is 3. The summed E-state index contributed by atoms with van der Waals surface area (Å²) in [6.45, 7) is 4.07. The van der Waals surface area contributed by atoms with Crippen molar-refractivity contribution in [2.24, 2.45) is 5.73 Å². The Bertz CT molecular complexity index is 570. The SMILES string of the molecule is CC(=O)Nc1cc(S(=O)(=O)NCCCCN)ccc1C. The molecular weight excluding hydrogens is 278 g/mol. The van der Waals surface area contributed by atoms with Gasteiger partial charge in [-0.05, 0) is 44.0 Å². The van der Waals surface area contributed by atoms with Crippen LogP contribution in [-0.4, -0.2) is 27.4 Å². The Morgan fingerprint density at radius 3 is 2.60 bits per heavy atom. The zero-order chi connectivity index (χ0) is 15.2. The highest BCUT2D eigenvalue weighted by Crippen LogP contribution is 2.20. The first-order valence-electron chi connectivity index (χ1n) is 6.45. The summed E-state index contributed by atoms with van der Waals surface area (Å²) in [6, 6.07) is 4.65. The number of nitrogens with two attached hydrogens (primary N) is 1. The van der Waals surface area contributed by atoms with Crippen LogP contribution >= 0.6 is 0 Å². The van der Waals surface area contributed by atoms with Crippen molar-refractivity contribution < 1.29 is 13.2 Å². The molecule has 0 unspecified atom stereocenters. The molecular formula is C13H21N3O3S. The minimum absolute atomic E-state index is 0.139. The summed E-state index contributed by atoms with van der Waals surface area (Å²) in [5, 5.41) is 2.61. The van der Waals surface area contributed by atoms with E-state index in [4.69, 9.17) is 5.73 Å². The van der Waals surface area contributed by atoms with Crippen molar-refractivity contribution in [2.75, 3.05) is 18.4 Å². The maximum absolute atomic E-state index is 12.1. The van der Waals surface area contributed by atoms with Crippen LogP contribution < -0.4 is 15.8 Å². The normalized spacial score (nSPS) is 11.3. The summed E-state index contributed by atoms with van der Waals surface area (Å²) < 4.78 is 26.7. The molecule has 4 N–H and O–H groups in total. The van der Waals surface area contributed by atoms with Gasteiger partial charge in [0.2, 0.25) is 15.9 Å². The third-order valence-electron chi connectivity index (χ3n) is 2.75. The molecule has 1 rings (SSSR count). The van der Waals surface area contributed by atoms with Crippen LogP contribution in [-0.2, 0) is 14.8 Å². The molecule has 112 valence electrons. The van der Waals surface area contributed by atoms with Gasteiger partial charge in [-0.1, -0.05) is 6.07 Å². The van der Waals surface area contributed by atoms with E-state index in [1.807, 2.05) is 0 Å². The molecule has 1 aromatic carbocycles. The number of aryl methyl sites for hydroxylation is 1. The molecule has 1 aromatic rings. The molecule has 0 aliphatic rings. The fourth-order valence-corrected chi connectivity index (χ4v) is 2.75. The van der Waals surface area contributed by atoms with Crippen LogP contribution in [0.4, 0.5) is 5.69 Å². The molecule has 0 aliphatic carbocycles. The maximum atomic E-state index is 12.1. The van der Waals surface area contributed by atoms with Gasteiger partial charge in [0.1, 0.15) is 0 Å². The number of nitrogens with one attached hydrogen (secondary N) is 2. The quantitative estimate of drug-likeness (QED) is 0.653. The number of rotatable bonds is 7. The molecule has 0 radical (unpaired) electrons. The molecule has 0 aromatic heterocycles. The molecule has 6 nitrogen and oxygen atoms in total. The Labute approximate surface area is 119 Å². The highest BCUT2D eigenvalue weighted by molar-refractivity contribution is 7.89. The van der Waals surface area contributed by atoms with E-state index in [1.54, 1.807) is 13.0 Å². The van der Waals surface area contributed by atoms with Crippen LogP contribution in [0.15, 0.2) is 23.1 Å². The summed E-state index contributed by atoms with van der Waals surface area (Å²) in [5.74, 6) is -0.237. The maximum Gasteiger partial charge on any atom is 0.240 e. The lowest BCUT2D eigenvalue weighted by atomic mass is 10.2. The van der Waals surface area contributed by atoms with Gasteiger partial charge in [-0.15, -0.1) is 0 Å². The number of carbonyl (C=O) groups is 1. The average Bonchev–Trinajstić information content (AvgIpc) is 2.36. The van der Waals surface area contributed by atoms with E-state index < -0.39 is 10.0 Å². The minimum atomic E-state index is -3.56. The van der Waals surface area contributed by atoms with Gasteiger partial charge in [0.05, 0.1) is 4.90 Å². The lowest BCUT2D eigenvalue weighted by Gasteiger charge is -2.11. The Balaban J connectivity index is 2.86. The summed E-state index contributed by atoms with van der Waals surface area (Å²) in [4.78, 5) is 11.2. The van der Waals surface area contributed by atoms with Gasteiger partial charge in [0.25, 0.3) is 0 Å². The van der Waals surface area contributed by atoms with Crippen molar-refractivity contribution in [2.45, 2.75) is 31.6 Å². The van der Waals surface area contributed by atoms with E-state index in [-0.39, 0.29) is 10.8 Å². The van der Waals surface area contributed by atoms with Crippen molar-refractivity contribution in [1.82, 2.24) is 4.72 Å². The van der Waals surface area contributed by atoms with Gasteiger partial charge in [0, 0.05) is 19.2 Å². The van der Waals surface area contributed by atoms with E-state index in [1.165, 1.54) is 19.1 Å². The number of amides is 1. The molecule has 20 heavy (non-hydrogen) atoms. The van der Waals surface area contributed by atoms with E-state index in [9.17, 15) is 13.2 Å². The molecule has 0 saturated carbocycles. The number of carbonyl (C=O) groups excluding carboxylic acids is 1. The Kier molecular flexibility index (Phi) is 6.12. The summed E-state index contributed by atoms with van der Waals surface area (Å²) in [6.07, 6.45) is 1.47. The Morgan fingerprint density at radius 2 is 2.00 bits per heavy atom. The van der Waals surface area contributed by atoms with E-state index >= 15 is 0 Å². The molecule has 0 spiro atoms. The van der Waals surface area contributed by atoms with Crippen LogP contribution in [0.3, 0.4) is 0 Å². The lowest BCUT2D eigenvalue weighted by Crippen LogP contribution is -2.25. The molecule has 1 amide bonds. The zero-order valence-electron chi connectivity index (χ0n) is 11.8. The third-order valence-corrected chi connectivity index (χ3v) is 4.21. The Hall–Kier alpha value is -1.44. The topological polar surface area (TPSA) is 101 Å². The van der Waals surface area contributed by atoms with Gasteiger partial charge < -0.3 is 11.1 Å². The van der Waals surface area contributed by atoms with E-state index in [2.05, 4.69) is 10.0 Å². The summed E-state index contributed by atoms with van der Waals surface area (Å²) in [5.41, 5.74) is 6.66. The van der Waals surface area contributed by atoms with Crippen molar-refractivity contribution in [3.63, 3.8) is 0 Å². The van der Waals surface area contributed by atoms with Crippen LogP contribution in [0, 0.1) is 6.92 Å². The smallest absolute Gasteiger partial charge is 0.240 e. The highest BCUT2D eigenvalue weighted by Gasteiger charge is 2.15. The number of anilines is 1. The fourth-order valence-electron chi connectivity index (χ4n) is 1.65. The van der Waals surface area contributed by atoms with Gasteiger partial charge >= 0.3 is 0 Å². The van der Waals surface area contributed by atoms with Gasteiger partial charge in [-0.25, -0.2) is 13.1 Å². The average molecular weight is 299 g/mol. The van der Waals surface area contributed by atoms with Gasteiger partial charge in [0.15, 0.2) is 0 Å². The third kappa shape index (κ3) is 4.92. The van der Waals surface area contributed by atoms with Crippen LogP contribution in [0.25, 0.3) is 0 Å². The number of hydrogen-bond acceptors (Lipinski definition) is 4. The predicted molar refractivity (Wildman–Crippen MR) is 79.0 cm³/mol. The molecule has 0 heterocycles. The lowest BCUT2D eigenvalue weighted by molar-refractivity contribution is -0.114. The molecule has 0 aliphatic heterocycles. The number of unbranched alkanes of at least 4 members (excludes halogenated alkanes) is 1. The standard InChI is InChI=1S/C13H21N3O3S/c1-10-5-6-12(9-13(10)16-11(2)17)20(18,19)15-8-4-3-7-14/h5-6,9,15H,3-4,7-8,14H2,1-2H3,(H,16,17). The second-order valence-corrected chi connectivity index (χ2v) is 6.32. The van der Waals surface area contributed by atoms with Crippen molar-refractivity contribution >= 4 is 21.6 Å². The van der Waals surface area contributed by atoms with E-state index in [0.29, 0.717) is 25.2 Å². The summed E-state index contributed by atoms with van der Waals surface area (Å²) >= 11 is 0. The first kappa shape index (κ1) is 16.6. The highest BCUT2D eigenvalue weighted by atomic mass is 32.2. The first-order chi connectivity index (χ1) is 9.36. The van der Waals surface area contributed by atoms with Crippen molar-refractivity contribution in [3.05, 3.63) is 23.8 Å². The second-order valence-electron chi connectivity index (χ2n) is 4.55. The largest absolute Gasteiger partial charge is 0.330 e. The fraction of sp³-hybridized carbons (Fsp3) is 0.462. The van der Waals surface area contributed by atoms with Gasteiger partial charge in [-0.2, -0.15) is 0 Å². The summed E-state index contributed by atoms with van der Waals surface area (Å²) in [7, 11) is -3.56. The van der Waals surface area contributed by atoms with Crippen LogP contribution in [0.1, 0.15) is 25.3 Å². The molecule has 0 saturated heterocycles. The Morgan fingerprint density at radius 1 is 1.30 bits per heavy atom. The van der Waals surface area contributed by atoms with E-state index in [0.717, 1.165) is 12.0 Å². The van der Waals surface area contributed by atoms with Gasteiger partial charge in [-0.3, -0.25) is 4.79 Å². The monoisotopic (exact) mass is 299 g/mol. The predicted octanol–water partition coefficient (Wildman–Crippen LogP) is 0.971. The van der Waals surface area contributed by atoms with Crippen LogP contribution in [0.2, 0.25) is 0 Å². The van der Waals surface area contributed by atoms with Crippen molar-refractivity contribution in [1.29, 1.82) is 0 Å².